The first kappa shape index (κ1) is 28.8. The smallest absolute Gasteiger partial charge is 0.378 e. The van der Waals surface area contributed by atoms with Crippen LogP contribution in [0.15, 0.2) is 55.6 Å². The highest BCUT2D eigenvalue weighted by Crippen LogP contribution is 2.37. The molecule has 10 nitrogen and oxygen atoms in total. The molecular weight excluding hydrogens is 525 g/mol. The van der Waals surface area contributed by atoms with Gasteiger partial charge in [0.1, 0.15) is 0 Å². The number of ether oxygens (including phenoxy) is 1. The van der Waals surface area contributed by atoms with E-state index in [1.54, 1.807) is 12.1 Å². The normalized spacial score (nSPS) is 12.4. The molecule has 4 N–H and O–H groups in total. The summed E-state index contributed by atoms with van der Waals surface area (Å²) < 4.78 is 49.4. The molecule has 4 aromatic rings. The lowest BCUT2D eigenvalue weighted by Gasteiger charge is -2.13. The highest BCUT2D eigenvalue weighted by atomic mass is 19.4. The zero-order valence-electron chi connectivity index (χ0n) is 22.2. The zero-order chi connectivity index (χ0) is 28.9. The van der Waals surface area contributed by atoms with Crippen LogP contribution in [0.1, 0.15) is 35.5 Å². The molecule has 0 spiro atoms. The van der Waals surface area contributed by atoms with E-state index in [1.807, 2.05) is 19.9 Å². The molecule has 0 bridgehead atoms. The highest BCUT2D eigenvalue weighted by molar-refractivity contribution is 5.96. The number of alkyl halides is 3. The molecule has 0 aliphatic rings. The number of carbonyl (C=O) groups is 1. The number of halogens is 3. The van der Waals surface area contributed by atoms with Crippen LogP contribution in [-0.2, 0) is 23.9 Å². The maximum atomic E-state index is 13.8. The van der Waals surface area contributed by atoms with Gasteiger partial charge >= 0.3 is 6.18 Å². The molecule has 40 heavy (non-hydrogen) atoms. The molecule has 3 heterocycles. The third kappa shape index (κ3) is 6.49. The van der Waals surface area contributed by atoms with Gasteiger partial charge in [0.05, 0.1) is 37.2 Å². The number of benzene rings is 1. The van der Waals surface area contributed by atoms with Gasteiger partial charge in [0.25, 0.3) is 5.91 Å². The van der Waals surface area contributed by atoms with Gasteiger partial charge in [-0.2, -0.15) is 18.3 Å². The van der Waals surface area contributed by atoms with Gasteiger partial charge in [-0.1, -0.05) is 13.0 Å². The molecule has 0 saturated heterocycles. The number of nitrogens with zero attached hydrogens (tertiary/aromatic N) is 5. The maximum absolute atomic E-state index is 13.8. The van der Waals surface area contributed by atoms with E-state index in [1.165, 1.54) is 39.9 Å². The number of rotatable bonds is 12. The zero-order valence-corrected chi connectivity index (χ0v) is 22.2. The first-order valence-corrected chi connectivity index (χ1v) is 12.7. The number of imidazole rings is 1. The van der Waals surface area contributed by atoms with Crippen LogP contribution < -0.4 is 16.4 Å². The SMILES string of the molecule is C=CCn1cc(-c2cnc3c(Nc4ccc(C(=O)NCCOCC(C)N)c(CC)c4)nccn23)c(C(F)(F)F)n1. The number of fused-ring (bicyclic) bond motifs is 1. The van der Waals surface area contributed by atoms with Gasteiger partial charge in [-0.05, 0) is 37.1 Å². The number of carbonyl (C=O) groups excluding carboxylic acids is 1. The number of hydrogen-bond donors (Lipinski definition) is 3. The fraction of sp³-hybridized carbons (Fsp3) is 0.333. The number of nitrogens with one attached hydrogen (secondary N) is 2. The van der Waals surface area contributed by atoms with E-state index in [2.05, 4.69) is 32.3 Å². The molecule has 0 aliphatic heterocycles. The number of hydrogen-bond acceptors (Lipinski definition) is 7. The molecule has 13 heteroatoms. The van der Waals surface area contributed by atoms with Crippen molar-refractivity contribution in [1.29, 1.82) is 0 Å². The first-order valence-electron chi connectivity index (χ1n) is 12.7. The molecule has 4 rings (SSSR count). The van der Waals surface area contributed by atoms with E-state index in [9.17, 15) is 18.0 Å². The molecule has 1 unspecified atom stereocenters. The Labute approximate surface area is 229 Å². The molecule has 3 aromatic heterocycles. The number of aryl methyl sites for hydroxylation is 1. The summed E-state index contributed by atoms with van der Waals surface area (Å²) in [6.07, 6.45) is 3.10. The Kier molecular flexibility index (Phi) is 8.85. The van der Waals surface area contributed by atoms with Crippen molar-refractivity contribution in [3.8, 4) is 11.3 Å². The Balaban J connectivity index is 1.57. The summed E-state index contributed by atoms with van der Waals surface area (Å²) in [5.74, 6) is 0.120. The van der Waals surface area contributed by atoms with Crippen molar-refractivity contribution in [2.75, 3.05) is 25.1 Å². The molecule has 1 aromatic carbocycles. The first-order chi connectivity index (χ1) is 19.1. The molecule has 0 radical (unpaired) electrons. The minimum absolute atomic E-state index is 0.0740. The van der Waals surface area contributed by atoms with Crippen LogP contribution in [0.2, 0.25) is 0 Å². The second kappa shape index (κ2) is 12.3. The molecule has 1 amide bonds. The van der Waals surface area contributed by atoms with Crippen molar-refractivity contribution in [2.24, 2.45) is 5.73 Å². The van der Waals surface area contributed by atoms with E-state index < -0.39 is 11.9 Å². The van der Waals surface area contributed by atoms with Gasteiger partial charge in [-0.15, -0.1) is 6.58 Å². The standard InChI is InChI=1S/C27H31F3N8O2/c1-4-10-37-15-21(23(36-37)27(28,29)30)22-14-34-25-24(32-8-11-38(22)25)35-19-6-7-20(18(5-2)13-19)26(39)33-9-12-40-16-17(3)31/h4,6-8,11,13-15,17H,1,5,9-10,12,16,31H2,2-3H3,(H,32,35)(H,33,39). The number of allylic oxidation sites excluding steroid dienone is 1. The summed E-state index contributed by atoms with van der Waals surface area (Å²) in [7, 11) is 0. The Bertz CT molecular complexity index is 1490. The van der Waals surface area contributed by atoms with E-state index in [-0.39, 0.29) is 29.8 Å². The van der Waals surface area contributed by atoms with E-state index in [0.29, 0.717) is 48.9 Å². The Hall–Kier alpha value is -4.23. The quantitative estimate of drug-likeness (QED) is 0.177. The van der Waals surface area contributed by atoms with Gasteiger partial charge in [0.15, 0.2) is 17.2 Å². The minimum atomic E-state index is -4.65. The maximum Gasteiger partial charge on any atom is 0.435 e. The van der Waals surface area contributed by atoms with Crippen molar-refractivity contribution in [1.82, 2.24) is 29.5 Å². The molecule has 0 fully saturated rings. The predicted molar refractivity (Wildman–Crippen MR) is 145 cm³/mol. The third-order valence-corrected chi connectivity index (χ3v) is 5.96. The summed E-state index contributed by atoms with van der Waals surface area (Å²) in [4.78, 5) is 21.4. The Morgan fingerprint density at radius 3 is 2.80 bits per heavy atom. The third-order valence-electron chi connectivity index (χ3n) is 5.96. The monoisotopic (exact) mass is 556 g/mol. The van der Waals surface area contributed by atoms with Crippen LogP contribution in [0.25, 0.3) is 16.9 Å². The molecule has 0 saturated carbocycles. The van der Waals surface area contributed by atoms with Gasteiger partial charge in [-0.25, -0.2) is 9.97 Å². The van der Waals surface area contributed by atoms with E-state index in [0.717, 1.165) is 5.56 Å². The minimum Gasteiger partial charge on any atom is -0.378 e. The van der Waals surface area contributed by atoms with Crippen LogP contribution in [-0.4, -0.2) is 55.9 Å². The average Bonchev–Trinajstić information content (AvgIpc) is 3.53. The van der Waals surface area contributed by atoms with E-state index in [4.69, 9.17) is 10.5 Å². The summed E-state index contributed by atoms with van der Waals surface area (Å²) in [5.41, 5.74) is 7.06. The van der Waals surface area contributed by atoms with Crippen molar-refractivity contribution in [2.45, 2.75) is 39.0 Å². The molecular formula is C27H31F3N8O2. The van der Waals surface area contributed by atoms with E-state index >= 15 is 0 Å². The summed E-state index contributed by atoms with van der Waals surface area (Å²) >= 11 is 0. The van der Waals surface area contributed by atoms with Gasteiger partial charge in [0, 0.05) is 42.4 Å². The van der Waals surface area contributed by atoms with Gasteiger partial charge in [0.2, 0.25) is 0 Å². The average molecular weight is 557 g/mol. The second-order valence-electron chi connectivity index (χ2n) is 9.17. The van der Waals surface area contributed by atoms with Gasteiger partial charge in [-0.3, -0.25) is 13.9 Å². The van der Waals surface area contributed by atoms with Crippen LogP contribution in [0.3, 0.4) is 0 Å². The predicted octanol–water partition coefficient (Wildman–Crippen LogP) is 4.20. The second-order valence-corrected chi connectivity index (χ2v) is 9.17. The number of amides is 1. The van der Waals surface area contributed by atoms with Gasteiger partial charge < -0.3 is 21.1 Å². The number of nitrogens with two attached hydrogens (primary N) is 1. The van der Waals surface area contributed by atoms with Crippen molar-refractivity contribution in [3.05, 3.63) is 72.5 Å². The van der Waals surface area contributed by atoms with Crippen molar-refractivity contribution >= 4 is 23.1 Å². The topological polar surface area (TPSA) is 124 Å². The molecule has 1 atom stereocenters. The number of aromatic nitrogens is 5. The van der Waals surface area contributed by atoms with Crippen LogP contribution in [0.5, 0.6) is 0 Å². The summed E-state index contributed by atoms with van der Waals surface area (Å²) in [5, 5.41) is 9.72. The number of anilines is 2. The summed E-state index contributed by atoms with van der Waals surface area (Å²) in [6.45, 7) is 8.60. The van der Waals surface area contributed by atoms with Crippen LogP contribution in [0.4, 0.5) is 24.7 Å². The lowest BCUT2D eigenvalue weighted by atomic mass is 10.0. The van der Waals surface area contributed by atoms with Crippen LogP contribution >= 0.6 is 0 Å². The van der Waals surface area contributed by atoms with Crippen LogP contribution in [0, 0.1) is 0 Å². The highest BCUT2D eigenvalue weighted by Gasteiger charge is 2.38. The fourth-order valence-corrected chi connectivity index (χ4v) is 4.17. The Morgan fingerprint density at radius 1 is 1.30 bits per heavy atom. The molecule has 0 aliphatic carbocycles. The lowest BCUT2D eigenvalue weighted by Crippen LogP contribution is -2.30. The summed E-state index contributed by atoms with van der Waals surface area (Å²) in [6, 6.07) is 5.20. The van der Waals surface area contributed by atoms with Crippen molar-refractivity contribution in [3.63, 3.8) is 0 Å². The fourth-order valence-electron chi connectivity index (χ4n) is 4.17. The molecule has 212 valence electrons. The lowest BCUT2D eigenvalue weighted by molar-refractivity contribution is -0.141. The Morgan fingerprint density at radius 2 is 2.10 bits per heavy atom. The van der Waals surface area contributed by atoms with Crippen molar-refractivity contribution < 1.29 is 22.7 Å². The largest absolute Gasteiger partial charge is 0.435 e.